The van der Waals surface area contributed by atoms with Crippen LogP contribution in [0.3, 0.4) is 0 Å². The van der Waals surface area contributed by atoms with Gasteiger partial charge in [0.2, 0.25) is 5.91 Å². The molecule has 0 fully saturated rings. The Morgan fingerprint density at radius 2 is 2.42 bits per heavy atom. The number of amides is 1. The molecule has 5 heteroatoms. The molecule has 0 aliphatic heterocycles. The van der Waals surface area contributed by atoms with Gasteiger partial charge in [0.15, 0.2) is 0 Å². The SMILES string of the molecule is NCC(=O)Nc1cncc(Br)c1. The van der Waals surface area contributed by atoms with Gasteiger partial charge in [0.1, 0.15) is 0 Å². The van der Waals surface area contributed by atoms with Crippen LogP contribution in [0.25, 0.3) is 0 Å². The molecule has 0 unspecified atom stereocenters. The summed E-state index contributed by atoms with van der Waals surface area (Å²) in [6.45, 7) is -0.0213. The summed E-state index contributed by atoms with van der Waals surface area (Å²) in [6.07, 6.45) is 3.19. The first-order chi connectivity index (χ1) is 5.72. The first-order valence-corrected chi connectivity index (χ1v) is 4.12. The van der Waals surface area contributed by atoms with E-state index in [0.29, 0.717) is 5.69 Å². The molecule has 3 N–H and O–H groups in total. The summed E-state index contributed by atoms with van der Waals surface area (Å²) in [7, 11) is 0. The summed E-state index contributed by atoms with van der Waals surface area (Å²) < 4.78 is 0.817. The Morgan fingerprint density at radius 3 is 3.00 bits per heavy atom. The standard InChI is InChI=1S/C7H8BrN3O/c8-5-1-6(4-10-3-5)11-7(12)2-9/h1,3-4H,2,9H2,(H,11,12). The van der Waals surface area contributed by atoms with Gasteiger partial charge in [-0.2, -0.15) is 0 Å². The number of carbonyl (C=O) groups is 1. The van der Waals surface area contributed by atoms with E-state index in [1.165, 1.54) is 0 Å². The van der Waals surface area contributed by atoms with E-state index in [4.69, 9.17) is 5.73 Å². The number of anilines is 1. The van der Waals surface area contributed by atoms with Crippen molar-refractivity contribution in [1.29, 1.82) is 0 Å². The van der Waals surface area contributed by atoms with Gasteiger partial charge in [-0.15, -0.1) is 0 Å². The third-order valence-corrected chi connectivity index (χ3v) is 1.61. The molecule has 64 valence electrons. The fourth-order valence-electron chi connectivity index (χ4n) is 0.692. The van der Waals surface area contributed by atoms with Crippen molar-refractivity contribution in [1.82, 2.24) is 4.98 Å². The van der Waals surface area contributed by atoms with Crippen LogP contribution in [0.15, 0.2) is 22.9 Å². The van der Waals surface area contributed by atoms with Crippen molar-refractivity contribution in [2.24, 2.45) is 5.73 Å². The Labute approximate surface area is 78.3 Å². The van der Waals surface area contributed by atoms with Crippen molar-refractivity contribution in [3.63, 3.8) is 0 Å². The second-order valence-corrected chi connectivity index (χ2v) is 3.06. The van der Waals surface area contributed by atoms with E-state index >= 15 is 0 Å². The normalized spacial score (nSPS) is 9.50. The van der Waals surface area contributed by atoms with Crippen LogP contribution in [-0.4, -0.2) is 17.4 Å². The van der Waals surface area contributed by atoms with Crippen molar-refractivity contribution in [3.8, 4) is 0 Å². The van der Waals surface area contributed by atoms with Crippen LogP contribution in [0.1, 0.15) is 0 Å². The second kappa shape index (κ2) is 4.18. The molecule has 0 atom stereocenters. The highest BCUT2D eigenvalue weighted by Gasteiger charge is 1.98. The quantitative estimate of drug-likeness (QED) is 0.787. The van der Waals surface area contributed by atoms with Crippen LogP contribution in [0.2, 0.25) is 0 Å². The molecule has 0 radical (unpaired) electrons. The van der Waals surface area contributed by atoms with Gasteiger partial charge in [-0.1, -0.05) is 0 Å². The average molecular weight is 230 g/mol. The predicted octanol–water partition coefficient (Wildman–Crippen LogP) is 0.741. The summed E-state index contributed by atoms with van der Waals surface area (Å²) in [5, 5.41) is 2.58. The van der Waals surface area contributed by atoms with Crippen LogP contribution >= 0.6 is 15.9 Å². The summed E-state index contributed by atoms with van der Waals surface area (Å²) in [5.74, 6) is -0.227. The Morgan fingerprint density at radius 1 is 1.67 bits per heavy atom. The lowest BCUT2D eigenvalue weighted by molar-refractivity contribution is -0.114. The van der Waals surface area contributed by atoms with E-state index in [1.807, 2.05) is 0 Å². The molecule has 1 aromatic heterocycles. The largest absolute Gasteiger partial charge is 0.324 e. The fourth-order valence-corrected chi connectivity index (χ4v) is 1.06. The molecule has 1 rings (SSSR count). The lowest BCUT2D eigenvalue weighted by atomic mass is 10.4. The molecule has 0 aliphatic carbocycles. The molecule has 0 bridgehead atoms. The number of carbonyl (C=O) groups excluding carboxylic acids is 1. The molecule has 1 amide bonds. The fraction of sp³-hybridized carbons (Fsp3) is 0.143. The minimum Gasteiger partial charge on any atom is -0.324 e. The zero-order chi connectivity index (χ0) is 8.97. The van der Waals surface area contributed by atoms with Crippen LogP contribution in [-0.2, 0) is 4.79 Å². The minimum atomic E-state index is -0.227. The molecule has 0 aromatic carbocycles. The topological polar surface area (TPSA) is 68.0 Å². The summed E-state index contributed by atoms with van der Waals surface area (Å²) >= 11 is 3.23. The number of pyridine rings is 1. The van der Waals surface area contributed by atoms with Crippen LogP contribution in [0.5, 0.6) is 0 Å². The van der Waals surface area contributed by atoms with E-state index in [0.717, 1.165) is 4.47 Å². The third kappa shape index (κ3) is 2.60. The number of nitrogens with two attached hydrogens (primary N) is 1. The second-order valence-electron chi connectivity index (χ2n) is 2.14. The van der Waals surface area contributed by atoms with E-state index < -0.39 is 0 Å². The Hall–Kier alpha value is -0.940. The Bertz CT molecular complexity index is 290. The van der Waals surface area contributed by atoms with Gasteiger partial charge in [-0.25, -0.2) is 0 Å². The first kappa shape index (κ1) is 9.15. The maximum atomic E-state index is 10.8. The number of rotatable bonds is 2. The average Bonchev–Trinajstić information content (AvgIpc) is 2.04. The number of halogens is 1. The van der Waals surface area contributed by atoms with Crippen molar-refractivity contribution < 1.29 is 4.79 Å². The molecule has 12 heavy (non-hydrogen) atoms. The lowest BCUT2D eigenvalue weighted by Crippen LogP contribution is -2.21. The number of hydrogen-bond acceptors (Lipinski definition) is 3. The molecule has 0 saturated heterocycles. The van der Waals surface area contributed by atoms with Gasteiger partial charge in [-0.3, -0.25) is 9.78 Å². The molecule has 1 heterocycles. The van der Waals surface area contributed by atoms with Crippen molar-refractivity contribution >= 4 is 27.5 Å². The smallest absolute Gasteiger partial charge is 0.238 e. The van der Waals surface area contributed by atoms with E-state index in [9.17, 15) is 4.79 Å². The molecular weight excluding hydrogens is 222 g/mol. The van der Waals surface area contributed by atoms with Gasteiger partial charge in [-0.05, 0) is 22.0 Å². The first-order valence-electron chi connectivity index (χ1n) is 3.33. The van der Waals surface area contributed by atoms with Gasteiger partial charge in [0.25, 0.3) is 0 Å². The Balaban J connectivity index is 2.69. The number of nitrogens with zero attached hydrogens (tertiary/aromatic N) is 1. The molecular formula is C7H8BrN3O. The monoisotopic (exact) mass is 229 g/mol. The van der Waals surface area contributed by atoms with Gasteiger partial charge < -0.3 is 11.1 Å². The molecule has 1 aromatic rings. The number of hydrogen-bond donors (Lipinski definition) is 2. The zero-order valence-electron chi connectivity index (χ0n) is 6.25. The van der Waals surface area contributed by atoms with Crippen molar-refractivity contribution in [3.05, 3.63) is 22.9 Å². The van der Waals surface area contributed by atoms with Crippen molar-refractivity contribution in [2.75, 3.05) is 11.9 Å². The molecule has 0 aliphatic rings. The third-order valence-electron chi connectivity index (χ3n) is 1.17. The van der Waals surface area contributed by atoms with Gasteiger partial charge >= 0.3 is 0 Å². The predicted molar refractivity (Wildman–Crippen MR) is 49.6 cm³/mol. The van der Waals surface area contributed by atoms with E-state index in [2.05, 4.69) is 26.2 Å². The van der Waals surface area contributed by atoms with Crippen LogP contribution in [0, 0.1) is 0 Å². The summed E-state index contributed by atoms with van der Waals surface area (Å²) in [6, 6.07) is 1.75. The highest BCUT2D eigenvalue weighted by Crippen LogP contribution is 2.12. The van der Waals surface area contributed by atoms with E-state index in [1.54, 1.807) is 18.5 Å². The Kier molecular flexibility index (Phi) is 3.19. The minimum absolute atomic E-state index is 0.0213. The van der Waals surface area contributed by atoms with Crippen molar-refractivity contribution in [2.45, 2.75) is 0 Å². The molecule has 0 spiro atoms. The van der Waals surface area contributed by atoms with Gasteiger partial charge in [0.05, 0.1) is 18.4 Å². The van der Waals surface area contributed by atoms with E-state index in [-0.39, 0.29) is 12.5 Å². The lowest BCUT2D eigenvalue weighted by Gasteiger charge is -2.01. The zero-order valence-corrected chi connectivity index (χ0v) is 7.84. The highest BCUT2D eigenvalue weighted by molar-refractivity contribution is 9.10. The molecule has 4 nitrogen and oxygen atoms in total. The summed E-state index contributed by atoms with van der Waals surface area (Å²) in [5.41, 5.74) is 5.75. The summed E-state index contributed by atoms with van der Waals surface area (Å²) in [4.78, 5) is 14.7. The molecule has 0 saturated carbocycles. The number of nitrogens with one attached hydrogen (secondary N) is 1. The van der Waals surface area contributed by atoms with Crippen LogP contribution < -0.4 is 11.1 Å². The van der Waals surface area contributed by atoms with Gasteiger partial charge in [0, 0.05) is 10.7 Å². The van der Waals surface area contributed by atoms with Crippen LogP contribution in [0.4, 0.5) is 5.69 Å². The number of aromatic nitrogens is 1. The highest BCUT2D eigenvalue weighted by atomic mass is 79.9. The maximum absolute atomic E-state index is 10.8. The maximum Gasteiger partial charge on any atom is 0.238 e.